The molecule has 4 aromatic rings. The van der Waals surface area contributed by atoms with E-state index >= 15 is 0 Å². The highest BCUT2D eigenvalue weighted by atomic mass is 19.1. The van der Waals surface area contributed by atoms with Crippen LogP contribution >= 0.6 is 0 Å². The Kier molecular flexibility index (Phi) is 3.81. The van der Waals surface area contributed by atoms with Gasteiger partial charge >= 0.3 is 0 Å². The molecule has 1 N–H and O–H groups in total. The van der Waals surface area contributed by atoms with Crippen LogP contribution in [-0.2, 0) is 6.54 Å². The van der Waals surface area contributed by atoms with E-state index in [1.807, 2.05) is 31.2 Å². The molecule has 3 heterocycles. The Morgan fingerprint density at radius 2 is 2.00 bits per heavy atom. The molecule has 0 spiro atoms. The van der Waals surface area contributed by atoms with Crippen LogP contribution in [-0.4, -0.2) is 24.6 Å². The zero-order valence-electron chi connectivity index (χ0n) is 13.5. The molecule has 6 nitrogen and oxygen atoms in total. The standard InChI is InChI=1S/C18H15FN6/c1-12-9-16(21-11-13-5-2-3-7-15(13)19)25-18(22-12)23-17(24-25)14-6-4-8-20-10-14/h2-10,21H,11H2,1H3. The number of hydrogen-bond donors (Lipinski definition) is 1. The summed E-state index contributed by atoms with van der Waals surface area (Å²) in [4.78, 5) is 13.0. The monoisotopic (exact) mass is 334 g/mol. The highest BCUT2D eigenvalue weighted by molar-refractivity contribution is 5.57. The van der Waals surface area contributed by atoms with Gasteiger partial charge in [0, 0.05) is 41.8 Å². The van der Waals surface area contributed by atoms with Crippen LogP contribution in [0.4, 0.5) is 10.2 Å². The SMILES string of the molecule is Cc1cc(NCc2ccccc2F)n2nc(-c3cccnc3)nc2n1. The molecular weight excluding hydrogens is 319 g/mol. The number of aryl methyl sites for hydroxylation is 1. The van der Waals surface area contributed by atoms with Gasteiger partial charge in [-0.3, -0.25) is 4.98 Å². The lowest BCUT2D eigenvalue weighted by Crippen LogP contribution is -2.08. The Bertz CT molecular complexity index is 1030. The van der Waals surface area contributed by atoms with E-state index in [1.54, 1.807) is 29.0 Å². The van der Waals surface area contributed by atoms with Crippen molar-refractivity contribution in [1.82, 2.24) is 24.6 Å². The molecule has 0 unspecified atom stereocenters. The Balaban J connectivity index is 1.71. The summed E-state index contributed by atoms with van der Waals surface area (Å²) in [6.45, 7) is 2.22. The Hall–Kier alpha value is -3.35. The van der Waals surface area contributed by atoms with E-state index in [9.17, 15) is 4.39 Å². The van der Waals surface area contributed by atoms with Gasteiger partial charge in [-0.2, -0.15) is 9.50 Å². The minimum Gasteiger partial charge on any atom is -0.366 e. The van der Waals surface area contributed by atoms with E-state index in [2.05, 4.69) is 25.4 Å². The summed E-state index contributed by atoms with van der Waals surface area (Å²) < 4.78 is 15.4. The highest BCUT2D eigenvalue weighted by Gasteiger charge is 2.12. The maximum atomic E-state index is 13.8. The van der Waals surface area contributed by atoms with Gasteiger partial charge in [-0.15, -0.1) is 5.10 Å². The number of rotatable bonds is 4. The normalized spacial score (nSPS) is 11.0. The lowest BCUT2D eigenvalue weighted by Gasteiger charge is -2.09. The molecule has 0 bridgehead atoms. The smallest absolute Gasteiger partial charge is 0.254 e. The average Bonchev–Trinajstić information content (AvgIpc) is 3.05. The van der Waals surface area contributed by atoms with Crippen molar-refractivity contribution in [2.45, 2.75) is 13.5 Å². The van der Waals surface area contributed by atoms with E-state index in [-0.39, 0.29) is 5.82 Å². The van der Waals surface area contributed by atoms with Gasteiger partial charge in [0.2, 0.25) is 0 Å². The summed E-state index contributed by atoms with van der Waals surface area (Å²) >= 11 is 0. The van der Waals surface area contributed by atoms with Crippen molar-refractivity contribution in [3.63, 3.8) is 0 Å². The maximum absolute atomic E-state index is 13.8. The Labute approximate surface area is 143 Å². The number of benzene rings is 1. The predicted octanol–water partition coefficient (Wildman–Crippen LogP) is 3.25. The molecular formula is C18H15FN6. The number of aromatic nitrogens is 5. The van der Waals surface area contributed by atoms with Gasteiger partial charge in [-0.05, 0) is 25.1 Å². The summed E-state index contributed by atoms with van der Waals surface area (Å²) in [7, 11) is 0. The molecule has 1 aromatic carbocycles. The van der Waals surface area contributed by atoms with Gasteiger partial charge in [0.25, 0.3) is 5.78 Å². The molecule has 0 aliphatic carbocycles. The first-order valence-electron chi connectivity index (χ1n) is 7.83. The van der Waals surface area contributed by atoms with E-state index in [0.29, 0.717) is 29.5 Å². The van der Waals surface area contributed by atoms with Crippen molar-refractivity contribution in [2.75, 3.05) is 5.32 Å². The summed E-state index contributed by atoms with van der Waals surface area (Å²) in [5.41, 5.74) is 2.19. The van der Waals surface area contributed by atoms with Gasteiger partial charge in [-0.25, -0.2) is 9.37 Å². The minimum absolute atomic E-state index is 0.244. The molecule has 0 saturated carbocycles. The molecule has 0 aliphatic rings. The van der Waals surface area contributed by atoms with Crippen LogP contribution in [0.3, 0.4) is 0 Å². The van der Waals surface area contributed by atoms with Crippen molar-refractivity contribution in [2.24, 2.45) is 0 Å². The lowest BCUT2D eigenvalue weighted by molar-refractivity contribution is 0.612. The molecule has 3 aromatic heterocycles. The van der Waals surface area contributed by atoms with Crippen LogP contribution in [0.25, 0.3) is 17.2 Å². The molecule has 0 radical (unpaired) electrons. The maximum Gasteiger partial charge on any atom is 0.254 e. The fourth-order valence-electron chi connectivity index (χ4n) is 2.56. The predicted molar refractivity (Wildman–Crippen MR) is 92.5 cm³/mol. The molecule has 0 aliphatic heterocycles. The number of halogens is 1. The summed E-state index contributed by atoms with van der Waals surface area (Å²) in [5.74, 6) is 1.48. The third kappa shape index (κ3) is 3.03. The van der Waals surface area contributed by atoms with E-state index in [4.69, 9.17) is 0 Å². The van der Waals surface area contributed by atoms with Crippen LogP contribution in [0.15, 0.2) is 54.9 Å². The first-order chi connectivity index (χ1) is 12.2. The van der Waals surface area contributed by atoms with Crippen LogP contribution < -0.4 is 5.32 Å². The van der Waals surface area contributed by atoms with Crippen LogP contribution in [0.2, 0.25) is 0 Å². The van der Waals surface area contributed by atoms with Crippen molar-refractivity contribution < 1.29 is 4.39 Å². The second-order valence-electron chi connectivity index (χ2n) is 5.62. The number of fused-ring (bicyclic) bond motifs is 1. The van der Waals surface area contributed by atoms with Gasteiger partial charge in [-0.1, -0.05) is 18.2 Å². The van der Waals surface area contributed by atoms with Gasteiger partial charge in [0.15, 0.2) is 5.82 Å². The fourth-order valence-corrected chi connectivity index (χ4v) is 2.56. The first kappa shape index (κ1) is 15.2. The summed E-state index contributed by atoms with van der Waals surface area (Å²) in [6, 6.07) is 12.2. The molecule has 4 rings (SSSR count). The molecule has 124 valence electrons. The van der Waals surface area contributed by atoms with Gasteiger partial charge < -0.3 is 5.32 Å². The third-order valence-corrected chi connectivity index (χ3v) is 3.78. The van der Waals surface area contributed by atoms with E-state index in [1.165, 1.54) is 6.07 Å². The third-order valence-electron chi connectivity index (χ3n) is 3.78. The summed E-state index contributed by atoms with van der Waals surface area (Å²) in [5, 5.41) is 7.72. The minimum atomic E-state index is -0.244. The van der Waals surface area contributed by atoms with Crippen LogP contribution in [0.1, 0.15) is 11.3 Å². The van der Waals surface area contributed by atoms with Crippen LogP contribution in [0.5, 0.6) is 0 Å². The molecule has 25 heavy (non-hydrogen) atoms. The number of anilines is 1. The Morgan fingerprint density at radius 1 is 1.12 bits per heavy atom. The second-order valence-corrected chi connectivity index (χ2v) is 5.62. The number of pyridine rings is 1. The zero-order chi connectivity index (χ0) is 17.2. The first-order valence-corrected chi connectivity index (χ1v) is 7.83. The quantitative estimate of drug-likeness (QED) is 0.620. The molecule has 0 amide bonds. The zero-order valence-corrected chi connectivity index (χ0v) is 13.5. The van der Waals surface area contributed by atoms with Crippen LogP contribution in [0, 0.1) is 12.7 Å². The molecule has 0 fully saturated rings. The topological polar surface area (TPSA) is 68.0 Å². The van der Waals surface area contributed by atoms with E-state index < -0.39 is 0 Å². The van der Waals surface area contributed by atoms with Crippen molar-refractivity contribution in [1.29, 1.82) is 0 Å². The second kappa shape index (κ2) is 6.27. The fraction of sp³-hybridized carbons (Fsp3) is 0.111. The molecule has 0 saturated heterocycles. The number of hydrogen-bond acceptors (Lipinski definition) is 5. The number of nitrogens with one attached hydrogen (secondary N) is 1. The van der Waals surface area contributed by atoms with Crippen molar-refractivity contribution in [3.05, 3.63) is 71.9 Å². The lowest BCUT2D eigenvalue weighted by atomic mass is 10.2. The van der Waals surface area contributed by atoms with Crippen molar-refractivity contribution >= 4 is 11.6 Å². The highest BCUT2D eigenvalue weighted by Crippen LogP contribution is 2.18. The molecule has 0 atom stereocenters. The van der Waals surface area contributed by atoms with Gasteiger partial charge in [0.05, 0.1) is 0 Å². The number of nitrogens with zero attached hydrogens (tertiary/aromatic N) is 5. The van der Waals surface area contributed by atoms with Gasteiger partial charge in [0.1, 0.15) is 11.6 Å². The largest absolute Gasteiger partial charge is 0.366 e. The summed E-state index contributed by atoms with van der Waals surface area (Å²) in [6.07, 6.45) is 3.40. The molecule has 7 heteroatoms. The average molecular weight is 334 g/mol. The van der Waals surface area contributed by atoms with E-state index in [0.717, 1.165) is 11.3 Å². The Morgan fingerprint density at radius 3 is 2.80 bits per heavy atom. The van der Waals surface area contributed by atoms with Crippen molar-refractivity contribution in [3.8, 4) is 11.4 Å².